The Hall–Kier alpha value is -2.69. The van der Waals surface area contributed by atoms with Gasteiger partial charge in [0.25, 0.3) is 0 Å². The van der Waals surface area contributed by atoms with Crippen molar-refractivity contribution < 1.29 is 4.74 Å². The van der Waals surface area contributed by atoms with Gasteiger partial charge in [-0.1, -0.05) is 83.4 Å². The van der Waals surface area contributed by atoms with E-state index in [9.17, 15) is 0 Å². The first-order valence-corrected chi connectivity index (χ1v) is 13.2. The number of hydrogen-bond acceptors (Lipinski definition) is 3. The third kappa shape index (κ3) is 4.57. The monoisotopic (exact) mass is 514 g/mol. The number of likely N-dealkylation sites (tertiary alicyclic amines) is 1. The molecular weight excluding hydrogens is 487 g/mol. The third-order valence-electron chi connectivity index (χ3n) is 7.52. The predicted octanol–water partition coefficient (Wildman–Crippen LogP) is 7.97. The fourth-order valence-electron chi connectivity index (χ4n) is 5.59. The van der Waals surface area contributed by atoms with Crippen LogP contribution in [0.3, 0.4) is 0 Å². The van der Waals surface area contributed by atoms with E-state index in [4.69, 9.17) is 32.9 Å². The van der Waals surface area contributed by atoms with Gasteiger partial charge in [-0.05, 0) is 66.3 Å². The SMILES string of the molecule is Cc1ccc(-c2ccc(CN3CCC4(CC3)OC(c3cc(Cl)cc(Cl)c3)c3ccccc34)nc2)cc1. The van der Waals surface area contributed by atoms with Crippen LogP contribution in [0.4, 0.5) is 0 Å². The first-order chi connectivity index (χ1) is 17.5. The number of halogens is 2. The molecule has 1 aromatic heterocycles. The molecule has 2 aliphatic rings. The standard InChI is InChI=1S/C31H28Cl2N2O/c1-21-6-8-22(9-7-21)23-10-11-27(34-19-23)20-35-14-12-31(13-15-35)29-5-3-2-4-28(29)30(36-31)24-16-25(32)18-26(33)17-24/h2-11,16-19,30H,12-15,20H2,1H3. The van der Waals surface area contributed by atoms with Crippen LogP contribution in [-0.4, -0.2) is 23.0 Å². The highest BCUT2D eigenvalue weighted by Crippen LogP contribution is 2.51. The molecule has 3 nitrogen and oxygen atoms in total. The van der Waals surface area contributed by atoms with Gasteiger partial charge in [0.1, 0.15) is 6.10 Å². The molecule has 4 aromatic rings. The minimum atomic E-state index is -0.282. The number of ether oxygens (including phenoxy) is 1. The van der Waals surface area contributed by atoms with Crippen molar-refractivity contribution in [1.29, 1.82) is 0 Å². The van der Waals surface area contributed by atoms with E-state index >= 15 is 0 Å². The summed E-state index contributed by atoms with van der Waals surface area (Å²) in [7, 11) is 0. The summed E-state index contributed by atoms with van der Waals surface area (Å²) in [6.45, 7) is 4.87. The highest BCUT2D eigenvalue weighted by Gasteiger charge is 2.47. The zero-order valence-electron chi connectivity index (χ0n) is 20.3. The van der Waals surface area contributed by atoms with E-state index in [-0.39, 0.29) is 11.7 Å². The summed E-state index contributed by atoms with van der Waals surface area (Å²) >= 11 is 12.7. The first-order valence-electron chi connectivity index (χ1n) is 12.5. The van der Waals surface area contributed by atoms with E-state index in [1.54, 1.807) is 6.07 Å². The summed E-state index contributed by atoms with van der Waals surface area (Å²) in [6.07, 6.45) is 3.72. The lowest BCUT2D eigenvalue weighted by Gasteiger charge is -2.39. The molecule has 0 bridgehead atoms. The summed E-state index contributed by atoms with van der Waals surface area (Å²) in [5.74, 6) is 0. The molecule has 0 aliphatic carbocycles. The van der Waals surface area contributed by atoms with E-state index in [1.807, 2.05) is 18.3 Å². The van der Waals surface area contributed by atoms with Crippen LogP contribution < -0.4 is 0 Å². The molecule has 36 heavy (non-hydrogen) atoms. The van der Waals surface area contributed by atoms with Crippen molar-refractivity contribution in [1.82, 2.24) is 9.88 Å². The lowest BCUT2D eigenvalue weighted by Crippen LogP contribution is -2.42. The molecule has 0 saturated carbocycles. The van der Waals surface area contributed by atoms with E-state index < -0.39 is 0 Å². The number of aromatic nitrogens is 1. The second kappa shape index (κ2) is 9.64. The molecule has 1 atom stereocenters. The molecule has 1 unspecified atom stereocenters. The fourth-order valence-corrected chi connectivity index (χ4v) is 6.13. The van der Waals surface area contributed by atoms with Crippen LogP contribution in [0, 0.1) is 6.92 Å². The number of nitrogens with zero attached hydrogens (tertiary/aromatic N) is 2. The summed E-state index contributed by atoms with van der Waals surface area (Å²) < 4.78 is 6.87. The smallest absolute Gasteiger partial charge is 0.109 e. The Bertz CT molecular complexity index is 1360. The van der Waals surface area contributed by atoms with Crippen molar-refractivity contribution >= 4 is 23.2 Å². The third-order valence-corrected chi connectivity index (χ3v) is 7.96. The second-order valence-corrected chi connectivity index (χ2v) is 10.8. The minimum Gasteiger partial charge on any atom is -0.358 e. The van der Waals surface area contributed by atoms with E-state index in [1.165, 1.54) is 22.3 Å². The predicted molar refractivity (Wildman–Crippen MR) is 146 cm³/mol. The van der Waals surface area contributed by atoms with Gasteiger partial charge >= 0.3 is 0 Å². The van der Waals surface area contributed by atoms with Crippen LogP contribution in [0.2, 0.25) is 10.0 Å². The van der Waals surface area contributed by atoms with Crippen molar-refractivity contribution in [2.75, 3.05) is 13.1 Å². The van der Waals surface area contributed by atoms with E-state index in [0.29, 0.717) is 10.0 Å². The average Bonchev–Trinajstić information content (AvgIpc) is 3.20. The minimum absolute atomic E-state index is 0.153. The lowest BCUT2D eigenvalue weighted by atomic mass is 9.83. The van der Waals surface area contributed by atoms with Crippen molar-refractivity contribution in [2.24, 2.45) is 0 Å². The van der Waals surface area contributed by atoms with Crippen LogP contribution in [-0.2, 0) is 16.9 Å². The highest BCUT2D eigenvalue weighted by molar-refractivity contribution is 6.34. The first kappa shape index (κ1) is 23.7. The number of pyridine rings is 1. The highest BCUT2D eigenvalue weighted by atomic mass is 35.5. The van der Waals surface area contributed by atoms with Gasteiger partial charge in [-0.15, -0.1) is 0 Å². The Morgan fingerprint density at radius 1 is 0.889 bits per heavy atom. The number of fused-ring (bicyclic) bond motifs is 2. The topological polar surface area (TPSA) is 25.4 Å². The Kier molecular flexibility index (Phi) is 6.35. The van der Waals surface area contributed by atoms with Crippen molar-refractivity contribution in [3.05, 3.63) is 123 Å². The van der Waals surface area contributed by atoms with E-state index in [2.05, 4.69) is 72.5 Å². The molecule has 2 aliphatic heterocycles. The lowest BCUT2D eigenvalue weighted by molar-refractivity contribution is -0.0979. The van der Waals surface area contributed by atoms with Crippen LogP contribution in [0.15, 0.2) is 85.1 Å². The van der Waals surface area contributed by atoms with Crippen LogP contribution in [0.1, 0.15) is 46.9 Å². The summed E-state index contributed by atoms with van der Waals surface area (Å²) in [6, 6.07) is 27.2. The van der Waals surface area contributed by atoms with Crippen LogP contribution >= 0.6 is 23.2 Å². The number of benzene rings is 3. The maximum absolute atomic E-state index is 6.87. The molecular formula is C31H28Cl2N2O. The summed E-state index contributed by atoms with van der Waals surface area (Å²) in [4.78, 5) is 7.25. The number of rotatable bonds is 4. The van der Waals surface area contributed by atoms with Crippen molar-refractivity contribution in [2.45, 2.75) is 38.0 Å². The van der Waals surface area contributed by atoms with Gasteiger partial charge in [0.05, 0.1) is 11.3 Å². The Morgan fingerprint density at radius 3 is 2.28 bits per heavy atom. The number of hydrogen-bond donors (Lipinski definition) is 0. The molecule has 3 aromatic carbocycles. The summed E-state index contributed by atoms with van der Waals surface area (Å²) in [5.41, 5.74) is 7.96. The van der Waals surface area contributed by atoms with Crippen molar-refractivity contribution in [3.8, 4) is 11.1 Å². The second-order valence-electron chi connectivity index (χ2n) is 9.96. The summed E-state index contributed by atoms with van der Waals surface area (Å²) in [5, 5.41) is 1.27. The van der Waals surface area contributed by atoms with Crippen molar-refractivity contribution in [3.63, 3.8) is 0 Å². The van der Waals surface area contributed by atoms with Gasteiger partial charge in [-0.25, -0.2) is 0 Å². The van der Waals surface area contributed by atoms with E-state index in [0.717, 1.165) is 49.3 Å². The Balaban J connectivity index is 1.16. The molecule has 6 rings (SSSR count). The largest absolute Gasteiger partial charge is 0.358 e. The molecule has 0 amide bonds. The van der Waals surface area contributed by atoms with Crippen LogP contribution in [0.5, 0.6) is 0 Å². The van der Waals surface area contributed by atoms with Gasteiger partial charge in [0, 0.05) is 41.4 Å². The average molecular weight is 515 g/mol. The molecule has 5 heteroatoms. The number of piperidine rings is 1. The van der Waals surface area contributed by atoms with Crippen LogP contribution in [0.25, 0.3) is 11.1 Å². The van der Waals surface area contributed by atoms with Gasteiger partial charge in [0.15, 0.2) is 0 Å². The maximum Gasteiger partial charge on any atom is 0.109 e. The van der Waals surface area contributed by atoms with Gasteiger partial charge in [0.2, 0.25) is 0 Å². The molecule has 1 saturated heterocycles. The molecule has 1 fully saturated rings. The molecule has 3 heterocycles. The molecule has 0 N–H and O–H groups in total. The maximum atomic E-state index is 6.87. The fraction of sp³-hybridized carbons (Fsp3) is 0.258. The van der Waals surface area contributed by atoms with Gasteiger partial charge < -0.3 is 4.74 Å². The zero-order valence-corrected chi connectivity index (χ0v) is 21.8. The van der Waals surface area contributed by atoms with Gasteiger partial charge in [-0.3, -0.25) is 9.88 Å². The normalized spacial score (nSPS) is 18.9. The Labute approximate surface area is 222 Å². The zero-order chi connectivity index (χ0) is 24.7. The molecule has 0 radical (unpaired) electrons. The number of aryl methyl sites for hydroxylation is 1. The molecule has 182 valence electrons. The van der Waals surface area contributed by atoms with Gasteiger partial charge in [-0.2, -0.15) is 0 Å². The quantitative estimate of drug-likeness (QED) is 0.276. The Morgan fingerprint density at radius 2 is 1.58 bits per heavy atom. The molecule has 1 spiro atoms.